The zero-order valence-electron chi connectivity index (χ0n) is 22.4. The van der Waals surface area contributed by atoms with Gasteiger partial charge in [-0.05, 0) is 26.3 Å². The van der Waals surface area contributed by atoms with Gasteiger partial charge >= 0.3 is 17.9 Å². The van der Waals surface area contributed by atoms with Gasteiger partial charge in [-0.3, -0.25) is 9.59 Å². The van der Waals surface area contributed by atoms with Gasteiger partial charge in [0.2, 0.25) is 0 Å². The van der Waals surface area contributed by atoms with Crippen LogP contribution in [0.2, 0.25) is 0 Å². The number of nitrogens with one attached hydrogen (secondary N) is 1. The van der Waals surface area contributed by atoms with E-state index < -0.39 is 35.3 Å². The molecule has 3 unspecified atom stereocenters. The van der Waals surface area contributed by atoms with E-state index in [-0.39, 0.29) is 19.8 Å². The van der Waals surface area contributed by atoms with Gasteiger partial charge in [-0.15, -0.1) is 11.3 Å². The zero-order valence-corrected chi connectivity index (χ0v) is 23.2. The predicted octanol–water partition coefficient (Wildman–Crippen LogP) is 4.97. The van der Waals surface area contributed by atoms with Crippen molar-refractivity contribution in [1.29, 1.82) is 0 Å². The van der Waals surface area contributed by atoms with E-state index in [9.17, 15) is 14.4 Å². The van der Waals surface area contributed by atoms with Gasteiger partial charge in [0.1, 0.15) is 23.1 Å². The van der Waals surface area contributed by atoms with Crippen molar-refractivity contribution in [2.75, 3.05) is 19.8 Å². The number of hydrogen-bond donors (Lipinski definition) is 1. The van der Waals surface area contributed by atoms with Crippen LogP contribution in [-0.2, 0) is 34.1 Å². The fourth-order valence-electron chi connectivity index (χ4n) is 5.05. The molecule has 0 saturated carbocycles. The SMILES string of the molecule is CCOC(=O)C1=C(C)NC(COC(C)=O)(c2nc(-c3ccccc3)cs2)C(C(=O)OCC)C1c1ccccc1. The summed E-state index contributed by atoms with van der Waals surface area (Å²) in [6.07, 6.45) is 0. The van der Waals surface area contributed by atoms with E-state index in [4.69, 9.17) is 19.2 Å². The van der Waals surface area contributed by atoms with Gasteiger partial charge in [-0.25, -0.2) is 9.78 Å². The van der Waals surface area contributed by atoms with Gasteiger partial charge in [0.25, 0.3) is 0 Å². The second kappa shape index (κ2) is 12.3. The van der Waals surface area contributed by atoms with E-state index in [1.807, 2.05) is 66.0 Å². The number of hydrogen-bond acceptors (Lipinski definition) is 9. The molecule has 4 rings (SSSR count). The van der Waals surface area contributed by atoms with Crippen LogP contribution < -0.4 is 5.32 Å². The highest BCUT2D eigenvalue weighted by atomic mass is 32.1. The van der Waals surface area contributed by atoms with Crippen molar-refractivity contribution in [1.82, 2.24) is 10.3 Å². The van der Waals surface area contributed by atoms with Crippen LogP contribution in [-0.4, -0.2) is 42.7 Å². The maximum absolute atomic E-state index is 13.9. The molecule has 0 aliphatic carbocycles. The van der Waals surface area contributed by atoms with Crippen molar-refractivity contribution in [3.8, 4) is 11.3 Å². The number of benzene rings is 2. The first kappa shape index (κ1) is 28.0. The van der Waals surface area contributed by atoms with Crippen LogP contribution in [0.25, 0.3) is 11.3 Å². The van der Waals surface area contributed by atoms with Crippen molar-refractivity contribution < 1.29 is 28.6 Å². The summed E-state index contributed by atoms with van der Waals surface area (Å²) in [5.74, 6) is -3.36. The molecule has 0 saturated heterocycles. The minimum atomic E-state index is -1.32. The molecule has 2 aromatic carbocycles. The van der Waals surface area contributed by atoms with Crippen molar-refractivity contribution in [3.05, 3.63) is 87.9 Å². The lowest BCUT2D eigenvalue weighted by molar-refractivity contribution is -0.158. The molecule has 3 atom stereocenters. The first-order valence-electron chi connectivity index (χ1n) is 12.8. The molecule has 204 valence electrons. The highest BCUT2D eigenvalue weighted by Gasteiger charge is 2.57. The summed E-state index contributed by atoms with van der Waals surface area (Å²) in [5, 5.41) is 5.83. The van der Waals surface area contributed by atoms with E-state index in [1.165, 1.54) is 18.3 Å². The van der Waals surface area contributed by atoms with Gasteiger partial charge in [-0.2, -0.15) is 0 Å². The average Bonchev–Trinajstić information content (AvgIpc) is 3.44. The molecule has 1 aliphatic rings. The van der Waals surface area contributed by atoms with Crippen molar-refractivity contribution >= 4 is 29.2 Å². The molecule has 0 spiro atoms. The fraction of sp³-hybridized carbons (Fsp3) is 0.333. The monoisotopic (exact) mass is 548 g/mol. The van der Waals surface area contributed by atoms with E-state index in [0.717, 1.165) is 16.8 Å². The Morgan fingerprint density at radius 3 is 2.21 bits per heavy atom. The van der Waals surface area contributed by atoms with Gasteiger partial charge in [0.05, 0.1) is 24.5 Å². The third-order valence-electron chi connectivity index (χ3n) is 6.64. The maximum atomic E-state index is 13.9. The maximum Gasteiger partial charge on any atom is 0.336 e. The second-order valence-corrected chi connectivity index (χ2v) is 10.0. The number of carbonyl (C=O) groups excluding carboxylic acids is 3. The molecule has 1 aromatic heterocycles. The first-order valence-corrected chi connectivity index (χ1v) is 13.7. The van der Waals surface area contributed by atoms with Gasteiger partial charge in [-0.1, -0.05) is 60.7 Å². The molecule has 39 heavy (non-hydrogen) atoms. The molecule has 0 radical (unpaired) electrons. The summed E-state index contributed by atoms with van der Waals surface area (Å²) >= 11 is 1.35. The molecule has 8 nitrogen and oxygen atoms in total. The molecule has 1 aliphatic heterocycles. The van der Waals surface area contributed by atoms with E-state index in [1.54, 1.807) is 20.8 Å². The summed E-state index contributed by atoms with van der Waals surface area (Å²) in [7, 11) is 0. The molecule has 0 fully saturated rings. The smallest absolute Gasteiger partial charge is 0.336 e. The molecule has 1 N–H and O–H groups in total. The third kappa shape index (κ3) is 5.73. The molecule has 2 heterocycles. The third-order valence-corrected chi connectivity index (χ3v) is 7.66. The Hall–Kier alpha value is -3.98. The Kier molecular flexibility index (Phi) is 8.81. The number of nitrogens with zero attached hydrogens (tertiary/aromatic N) is 1. The quantitative estimate of drug-likeness (QED) is 0.295. The highest BCUT2D eigenvalue weighted by Crippen LogP contribution is 2.50. The summed E-state index contributed by atoms with van der Waals surface area (Å²) in [6, 6.07) is 19.0. The normalized spacial score (nSPS) is 20.6. The number of allylic oxidation sites excluding steroid dienone is 1. The Bertz CT molecular complexity index is 1350. The van der Waals surface area contributed by atoms with Crippen molar-refractivity contribution in [3.63, 3.8) is 0 Å². The van der Waals surface area contributed by atoms with Crippen LogP contribution in [0, 0.1) is 5.92 Å². The molecular weight excluding hydrogens is 516 g/mol. The number of aromatic nitrogens is 1. The average molecular weight is 549 g/mol. The number of carbonyl (C=O) groups is 3. The topological polar surface area (TPSA) is 104 Å². The van der Waals surface area contributed by atoms with Crippen LogP contribution in [0.15, 0.2) is 77.3 Å². The van der Waals surface area contributed by atoms with Crippen LogP contribution in [0.3, 0.4) is 0 Å². The van der Waals surface area contributed by atoms with Crippen LogP contribution in [0.4, 0.5) is 0 Å². The molecule has 0 bridgehead atoms. The first-order chi connectivity index (χ1) is 18.8. The lowest BCUT2D eigenvalue weighted by Gasteiger charge is -2.47. The lowest BCUT2D eigenvalue weighted by atomic mass is 9.67. The fourth-order valence-corrected chi connectivity index (χ4v) is 6.06. The highest BCUT2D eigenvalue weighted by molar-refractivity contribution is 7.10. The largest absolute Gasteiger partial charge is 0.466 e. The second-order valence-electron chi connectivity index (χ2n) is 9.16. The number of esters is 3. The molecular formula is C30H32N2O6S. The van der Waals surface area contributed by atoms with E-state index >= 15 is 0 Å². The standard InChI is InChI=1S/C30H32N2O6S/c1-5-36-27(34)24-19(3)32-30(18-38-20(4)33,29-31-23(17-39-29)21-13-9-7-10-14-21)26(28(35)37-6-2)25(24)22-15-11-8-12-16-22/h7-17,25-26,32H,5-6,18H2,1-4H3. The molecule has 3 aromatic rings. The van der Waals surface area contributed by atoms with Crippen LogP contribution in [0.1, 0.15) is 44.2 Å². The minimum Gasteiger partial charge on any atom is -0.466 e. The predicted molar refractivity (Wildman–Crippen MR) is 148 cm³/mol. The van der Waals surface area contributed by atoms with Crippen LogP contribution in [0.5, 0.6) is 0 Å². The Balaban J connectivity index is 1.99. The van der Waals surface area contributed by atoms with E-state index in [2.05, 4.69) is 5.32 Å². The number of ether oxygens (including phenoxy) is 3. The number of rotatable bonds is 9. The van der Waals surface area contributed by atoms with Crippen molar-refractivity contribution in [2.24, 2.45) is 5.92 Å². The van der Waals surface area contributed by atoms with E-state index in [0.29, 0.717) is 16.3 Å². The van der Waals surface area contributed by atoms with Gasteiger partial charge in [0.15, 0.2) is 0 Å². The summed E-state index contributed by atoms with van der Waals surface area (Å²) in [5.41, 5.74) is 1.86. The van der Waals surface area contributed by atoms with Crippen LogP contribution >= 0.6 is 11.3 Å². The Morgan fingerprint density at radius 1 is 0.949 bits per heavy atom. The summed E-state index contributed by atoms with van der Waals surface area (Å²) < 4.78 is 16.7. The number of thiazole rings is 1. The van der Waals surface area contributed by atoms with Gasteiger partial charge in [0, 0.05) is 29.5 Å². The Morgan fingerprint density at radius 2 is 1.59 bits per heavy atom. The van der Waals surface area contributed by atoms with Crippen molar-refractivity contribution in [2.45, 2.75) is 39.2 Å². The lowest BCUT2D eigenvalue weighted by Crippen LogP contribution is -2.60. The summed E-state index contributed by atoms with van der Waals surface area (Å²) in [6.45, 7) is 6.63. The molecule has 9 heteroatoms. The Labute approximate surface area is 232 Å². The zero-order chi connectivity index (χ0) is 28.0. The minimum absolute atomic E-state index is 0.130. The van der Waals surface area contributed by atoms with Gasteiger partial charge < -0.3 is 19.5 Å². The summed E-state index contributed by atoms with van der Waals surface area (Å²) in [4.78, 5) is 44.3. The molecule has 0 amide bonds.